The maximum atomic E-state index is 4.25. The first-order chi connectivity index (χ1) is 7.00. The standard InChI is InChI=1S/C13H27PS/c1-10(7-5-4-6-8-15)12-9-11(2)13(12,3)14/h10-12,15H,4-9,14H2,1-3H3. The van der Waals surface area contributed by atoms with E-state index in [2.05, 4.69) is 42.6 Å². The van der Waals surface area contributed by atoms with E-state index in [1.807, 2.05) is 0 Å². The predicted octanol–water partition coefficient (Wildman–Crippen LogP) is 4.40. The molecule has 0 aromatic rings. The van der Waals surface area contributed by atoms with Gasteiger partial charge in [-0.25, -0.2) is 0 Å². The summed E-state index contributed by atoms with van der Waals surface area (Å²) < 4.78 is 0. The highest BCUT2D eigenvalue weighted by Crippen LogP contribution is 2.54. The molecule has 90 valence electrons. The van der Waals surface area contributed by atoms with Crippen molar-refractivity contribution in [3.8, 4) is 0 Å². The summed E-state index contributed by atoms with van der Waals surface area (Å²) in [6.07, 6.45) is 6.90. The van der Waals surface area contributed by atoms with E-state index in [1.165, 1.54) is 32.1 Å². The van der Waals surface area contributed by atoms with E-state index in [-0.39, 0.29) is 0 Å². The molecule has 0 saturated heterocycles. The van der Waals surface area contributed by atoms with Gasteiger partial charge in [-0.1, -0.05) is 40.0 Å². The van der Waals surface area contributed by atoms with Gasteiger partial charge >= 0.3 is 0 Å². The van der Waals surface area contributed by atoms with Crippen LogP contribution in [0.1, 0.15) is 52.9 Å². The number of hydrogen-bond donors (Lipinski definition) is 1. The second kappa shape index (κ2) is 5.92. The van der Waals surface area contributed by atoms with Crippen LogP contribution >= 0.6 is 21.9 Å². The van der Waals surface area contributed by atoms with Gasteiger partial charge in [-0.2, -0.15) is 12.6 Å². The van der Waals surface area contributed by atoms with Crippen LogP contribution in [-0.4, -0.2) is 10.9 Å². The van der Waals surface area contributed by atoms with E-state index in [4.69, 9.17) is 0 Å². The van der Waals surface area contributed by atoms with Gasteiger partial charge < -0.3 is 0 Å². The summed E-state index contributed by atoms with van der Waals surface area (Å²) in [5, 5.41) is 0.517. The average Bonchev–Trinajstić information content (AvgIpc) is 2.20. The van der Waals surface area contributed by atoms with E-state index >= 15 is 0 Å². The van der Waals surface area contributed by atoms with Crippen molar-refractivity contribution in [3.63, 3.8) is 0 Å². The molecule has 1 aliphatic rings. The molecule has 0 aromatic heterocycles. The Labute approximate surface area is 104 Å². The van der Waals surface area contributed by atoms with Gasteiger partial charge in [-0.05, 0) is 41.5 Å². The molecule has 0 nitrogen and oxygen atoms in total. The van der Waals surface area contributed by atoms with Gasteiger partial charge in [-0.15, -0.1) is 9.24 Å². The quantitative estimate of drug-likeness (QED) is 0.401. The highest BCUT2D eigenvalue weighted by molar-refractivity contribution is 7.80. The molecule has 1 aliphatic carbocycles. The molecule has 15 heavy (non-hydrogen) atoms. The molecule has 1 saturated carbocycles. The van der Waals surface area contributed by atoms with Crippen molar-refractivity contribution in [1.82, 2.24) is 0 Å². The smallest absolute Gasteiger partial charge is 0.00979 e. The molecule has 0 bridgehead atoms. The Bertz CT molecular complexity index is 191. The third-order valence-electron chi connectivity index (χ3n) is 4.47. The minimum absolute atomic E-state index is 0.517. The van der Waals surface area contributed by atoms with Crippen LogP contribution < -0.4 is 0 Å². The van der Waals surface area contributed by atoms with E-state index in [1.54, 1.807) is 0 Å². The fourth-order valence-electron chi connectivity index (χ4n) is 2.90. The zero-order valence-electron chi connectivity index (χ0n) is 10.5. The second-order valence-corrected chi connectivity index (χ2v) is 7.35. The first-order valence-corrected chi connectivity index (χ1v) is 7.60. The fourth-order valence-corrected chi connectivity index (χ4v) is 3.72. The van der Waals surface area contributed by atoms with E-state index in [9.17, 15) is 0 Å². The van der Waals surface area contributed by atoms with Gasteiger partial charge in [0.25, 0.3) is 0 Å². The molecule has 0 N–H and O–H groups in total. The van der Waals surface area contributed by atoms with Crippen molar-refractivity contribution < 1.29 is 0 Å². The summed E-state index contributed by atoms with van der Waals surface area (Å²) in [7, 11) is 3.10. The molecule has 1 fully saturated rings. The molecule has 0 aliphatic heterocycles. The van der Waals surface area contributed by atoms with Gasteiger partial charge in [0.15, 0.2) is 0 Å². The summed E-state index contributed by atoms with van der Waals surface area (Å²) in [4.78, 5) is 0. The zero-order chi connectivity index (χ0) is 11.5. The van der Waals surface area contributed by atoms with Crippen LogP contribution in [0.4, 0.5) is 0 Å². The molecule has 1 rings (SSSR count). The van der Waals surface area contributed by atoms with Crippen molar-refractivity contribution in [3.05, 3.63) is 0 Å². The average molecular weight is 246 g/mol. The third-order valence-corrected chi connectivity index (χ3v) is 5.79. The van der Waals surface area contributed by atoms with Crippen molar-refractivity contribution in [2.75, 3.05) is 5.75 Å². The van der Waals surface area contributed by atoms with Crippen LogP contribution in [0.25, 0.3) is 0 Å². The molecular weight excluding hydrogens is 219 g/mol. The lowest BCUT2D eigenvalue weighted by Gasteiger charge is -2.53. The number of rotatable bonds is 6. The lowest BCUT2D eigenvalue weighted by molar-refractivity contribution is 0.0812. The minimum Gasteiger partial charge on any atom is -0.179 e. The lowest BCUT2D eigenvalue weighted by atomic mass is 9.60. The Morgan fingerprint density at radius 2 is 2.07 bits per heavy atom. The third kappa shape index (κ3) is 3.37. The molecular formula is C13H27PS. The molecule has 0 aromatic carbocycles. The van der Waals surface area contributed by atoms with Crippen LogP contribution in [0.15, 0.2) is 0 Å². The summed E-state index contributed by atoms with van der Waals surface area (Å²) >= 11 is 4.25. The first-order valence-electron chi connectivity index (χ1n) is 6.40. The fraction of sp³-hybridized carbons (Fsp3) is 1.00. The molecule has 5 unspecified atom stereocenters. The second-order valence-electron chi connectivity index (χ2n) is 5.66. The predicted molar refractivity (Wildman–Crippen MR) is 76.9 cm³/mol. The summed E-state index contributed by atoms with van der Waals surface area (Å²) in [6.45, 7) is 7.25. The van der Waals surface area contributed by atoms with Crippen molar-refractivity contribution in [2.45, 2.75) is 58.0 Å². The minimum atomic E-state index is 0.517. The van der Waals surface area contributed by atoms with Crippen LogP contribution in [-0.2, 0) is 0 Å². The van der Waals surface area contributed by atoms with Crippen LogP contribution in [0, 0.1) is 17.8 Å². The van der Waals surface area contributed by atoms with Crippen LogP contribution in [0.2, 0.25) is 0 Å². The highest BCUT2D eigenvalue weighted by Gasteiger charge is 2.47. The Morgan fingerprint density at radius 1 is 1.40 bits per heavy atom. The molecule has 0 heterocycles. The van der Waals surface area contributed by atoms with Gasteiger partial charge in [0.05, 0.1) is 0 Å². The van der Waals surface area contributed by atoms with Gasteiger partial charge in [-0.3, -0.25) is 0 Å². The zero-order valence-corrected chi connectivity index (χ0v) is 12.5. The molecule has 5 atom stereocenters. The summed E-state index contributed by atoms with van der Waals surface area (Å²) in [6, 6.07) is 0. The van der Waals surface area contributed by atoms with Gasteiger partial charge in [0.2, 0.25) is 0 Å². The maximum Gasteiger partial charge on any atom is -0.00979 e. The molecule has 0 radical (unpaired) electrons. The topological polar surface area (TPSA) is 0 Å². The Kier molecular flexibility index (Phi) is 5.46. The van der Waals surface area contributed by atoms with Gasteiger partial charge in [0, 0.05) is 0 Å². The van der Waals surface area contributed by atoms with Gasteiger partial charge in [0.1, 0.15) is 0 Å². The summed E-state index contributed by atoms with van der Waals surface area (Å²) in [5.74, 6) is 3.79. The number of hydrogen-bond acceptors (Lipinski definition) is 1. The van der Waals surface area contributed by atoms with Crippen molar-refractivity contribution >= 4 is 21.9 Å². The Morgan fingerprint density at radius 3 is 2.53 bits per heavy atom. The lowest BCUT2D eigenvalue weighted by Crippen LogP contribution is -2.49. The monoisotopic (exact) mass is 246 g/mol. The van der Waals surface area contributed by atoms with Crippen molar-refractivity contribution in [1.29, 1.82) is 0 Å². The maximum absolute atomic E-state index is 4.25. The highest BCUT2D eigenvalue weighted by atomic mass is 32.1. The Hall–Kier alpha value is 0.780. The SMILES string of the molecule is CC(CCCCCS)C1CC(C)C1(C)P. The van der Waals surface area contributed by atoms with Crippen LogP contribution in [0.5, 0.6) is 0 Å². The normalized spacial score (nSPS) is 37.4. The molecule has 2 heteroatoms. The van der Waals surface area contributed by atoms with E-state index < -0.39 is 0 Å². The summed E-state index contributed by atoms with van der Waals surface area (Å²) in [5.41, 5.74) is 0. The Balaban J connectivity index is 2.21. The van der Waals surface area contributed by atoms with Crippen LogP contribution in [0.3, 0.4) is 0 Å². The largest absolute Gasteiger partial charge is 0.179 e. The van der Waals surface area contributed by atoms with Crippen molar-refractivity contribution in [2.24, 2.45) is 17.8 Å². The molecule has 0 spiro atoms. The van der Waals surface area contributed by atoms with E-state index in [0.717, 1.165) is 23.5 Å². The van der Waals surface area contributed by atoms with E-state index in [0.29, 0.717) is 5.16 Å². The molecule has 0 amide bonds. The number of unbranched alkanes of at least 4 members (excludes halogenated alkanes) is 2. The first kappa shape index (κ1) is 13.8. The number of thiol groups is 1.